The summed E-state index contributed by atoms with van der Waals surface area (Å²) >= 11 is 0. The van der Waals surface area contributed by atoms with Gasteiger partial charge in [-0.15, -0.1) is 0 Å². The molecular formula is C37H50O12. The van der Waals surface area contributed by atoms with Crippen molar-refractivity contribution in [2.75, 3.05) is 14.2 Å². The molecule has 1 aliphatic carbocycles. The van der Waals surface area contributed by atoms with E-state index in [9.17, 15) is 19.2 Å². The first-order valence-electron chi connectivity index (χ1n) is 15.6. The zero-order valence-electron chi connectivity index (χ0n) is 29.2. The SMILES string of the molecule is CC.CC(=O)O.CC1CCC(c2ccc(C(=O)O)cc2)CC1.CCC(=O)O.COc1ccc(C(=O)O)cc1.COc1ccc(C(=O)O)cc1. The number of carboxylic acids is 5. The monoisotopic (exact) mass is 686 g/mol. The van der Waals surface area contributed by atoms with Crippen molar-refractivity contribution in [2.45, 2.75) is 72.6 Å². The molecule has 0 atom stereocenters. The minimum Gasteiger partial charge on any atom is -0.497 e. The van der Waals surface area contributed by atoms with Gasteiger partial charge in [0.2, 0.25) is 0 Å². The number of hydrogen-bond acceptors (Lipinski definition) is 7. The Morgan fingerprint density at radius 1 is 0.592 bits per heavy atom. The fourth-order valence-electron chi connectivity index (χ4n) is 3.96. The van der Waals surface area contributed by atoms with Crippen LogP contribution in [0.1, 0.15) is 109 Å². The maximum absolute atomic E-state index is 10.7. The lowest BCUT2D eigenvalue weighted by Gasteiger charge is -2.26. The van der Waals surface area contributed by atoms with Crippen LogP contribution < -0.4 is 9.47 Å². The third kappa shape index (κ3) is 21.9. The fraction of sp³-hybridized carbons (Fsp3) is 0.378. The van der Waals surface area contributed by atoms with Crippen molar-refractivity contribution in [1.29, 1.82) is 0 Å². The minimum absolute atomic E-state index is 0.222. The highest BCUT2D eigenvalue weighted by Crippen LogP contribution is 2.35. The Labute approximate surface area is 288 Å². The Balaban J connectivity index is 0. The molecule has 1 saturated carbocycles. The summed E-state index contributed by atoms with van der Waals surface area (Å²) in [4.78, 5) is 49.8. The topological polar surface area (TPSA) is 205 Å². The van der Waals surface area contributed by atoms with Gasteiger partial charge in [0.25, 0.3) is 5.97 Å². The van der Waals surface area contributed by atoms with Gasteiger partial charge in [0.15, 0.2) is 0 Å². The van der Waals surface area contributed by atoms with Gasteiger partial charge in [-0.1, -0.05) is 52.7 Å². The second kappa shape index (κ2) is 26.7. The summed E-state index contributed by atoms with van der Waals surface area (Å²) in [6, 6.07) is 19.9. The highest BCUT2D eigenvalue weighted by atomic mass is 16.5. The molecule has 0 bridgehead atoms. The van der Waals surface area contributed by atoms with Crippen LogP contribution in [0.25, 0.3) is 0 Å². The quantitative estimate of drug-likeness (QED) is 0.160. The van der Waals surface area contributed by atoms with Crippen molar-refractivity contribution in [1.82, 2.24) is 0 Å². The zero-order valence-corrected chi connectivity index (χ0v) is 29.2. The molecule has 3 aromatic rings. The summed E-state index contributed by atoms with van der Waals surface area (Å²) in [5, 5.41) is 41.0. The van der Waals surface area contributed by atoms with E-state index in [2.05, 4.69) is 6.92 Å². The zero-order chi connectivity index (χ0) is 37.9. The Hall–Kier alpha value is -5.39. The molecule has 1 aliphatic rings. The number of benzene rings is 3. The summed E-state index contributed by atoms with van der Waals surface area (Å²) < 4.78 is 9.71. The summed E-state index contributed by atoms with van der Waals surface area (Å²) in [5.41, 5.74) is 2.22. The fourth-order valence-corrected chi connectivity index (χ4v) is 3.96. The predicted molar refractivity (Wildman–Crippen MR) is 186 cm³/mol. The molecule has 0 heterocycles. The molecule has 270 valence electrons. The molecule has 0 radical (unpaired) electrons. The summed E-state index contributed by atoms with van der Waals surface area (Å²) in [6.07, 6.45) is 5.30. The van der Waals surface area contributed by atoms with Crippen LogP contribution in [0.2, 0.25) is 0 Å². The average Bonchev–Trinajstić information content (AvgIpc) is 3.10. The van der Waals surface area contributed by atoms with Crippen LogP contribution in [0, 0.1) is 5.92 Å². The first-order valence-corrected chi connectivity index (χ1v) is 15.6. The first kappa shape index (κ1) is 45.7. The Bertz CT molecular complexity index is 1310. The van der Waals surface area contributed by atoms with E-state index < -0.39 is 29.8 Å². The molecular weight excluding hydrogens is 636 g/mol. The molecule has 0 aliphatic heterocycles. The maximum Gasteiger partial charge on any atom is 0.335 e. The standard InChI is InChI=1S/C14H18O2.2C8H8O3.C3H6O2.C2H4O2.C2H6/c1-10-2-4-11(5-3-10)12-6-8-13(9-7-12)14(15)16;2*1-11-7-4-2-6(3-5-7)8(9)10;1-2-3(4)5;1-2(3)4;1-2/h6-11H,2-5H2,1H3,(H,15,16);2*2-5H,1H3,(H,9,10);2H2,1H3,(H,4,5);1H3,(H,3,4);1-2H3. The van der Waals surface area contributed by atoms with Crippen molar-refractivity contribution in [3.05, 3.63) is 95.1 Å². The highest BCUT2D eigenvalue weighted by Gasteiger charge is 2.19. The average molecular weight is 687 g/mol. The summed E-state index contributed by atoms with van der Waals surface area (Å²) in [5.74, 6) is -1.45. The number of rotatable bonds is 7. The van der Waals surface area contributed by atoms with Crippen molar-refractivity contribution in [3.63, 3.8) is 0 Å². The van der Waals surface area contributed by atoms with E-state index in [0.29, 0.717) is 23.0 Å². The van der Waals surface area contributed by atoms with Gasteiger partial charge in [-0.3, -0.25) is 9.59 Å². The lowest BCUT2D eigenvalue weighted by Crippen LogP contribution is -2.10. The third-order valence-electron chi connectivity index (χ3n) is 6.62. The van der Waals surface area contributed by atoms with Gasteiger partial charge in [-0.2, -0.15) is 0 Å². The van der Waals surface area contributed by atoms with E-state index in [1.165, 1.54) is 69.7 Å². The van der Waals surface area contributed by atoms with Crippen LogP contribution in [-0.2, 0) is 9.59 Å². The number of ether oxygens (including phenoxy) is 2. The third-order valence-corrected chi connectivity index (χ3v) is 6.62. The van der Waals surface area contributed by atoms with Crippen molar-refractivity contribution in [2.24, 2.45) is 5.92 Å². The van der Waals surface area contributed by atoms with Crippen LogP contribution in [0.4, 0.5) is 0 Å². The van der Waals surface area contributed by atoms with Crippen LogP contribution in [-0.4, -0.2) is 69.6 Å². The van der Waals surface area contributed by atoms with Crippen LogP contribution in [0.15, 0.2) is 72.8 Å². The van der Waals surface area contributed by atoms with Gasteiger partial charge in [0.05, 0.1) is 30.9 Å². The van der Waals surface area contributed by atoms with Crippen LogP contribution in [0.3, 0.4) is 0 Å². The number of carboxylic acid groups (broad SMARTS) is 5. The Morgan fingerprint density at radius 3 is 1.08 bits per heavy atom. The van der Waals surface area contributed by atoms with E-state index >= 15 is 0 Å². The number of carbonyl (C=O) groups is 5. The summed E-state index contributed by atoms with van der Waals surface area (Å²) in [6.45, 7) is 8.99. The Kier molecular flexibility index (Phi) is 24.9. The smallest absolute Gasteiger partial charge is 0.335 e. The summed E-state index contributed by atoms with van der Waals surface area (Å²) in [7, 11) is 3.07. The van der Waals surface area contributed by atoms with E-state index in [4.69, 9.17) is 39.8 Å². The molecule has 0 aromatic heterocycles. The van der Waals surface area contributed by atoms with Crippen LogP contribution >= 0.6 is 0 Å². The number of methoxy groups -OCH3 is 2. The molecule has 1 fully saturated rings. The maximum atomic E-state index is 10.7. The molecule has 49 heavy (non-hydrogen) atoms. The van der Waals surface area contributed by atoms with E-state index in [-0.39, 0.29) is 17.5 Å². The van der Waals surface area contributed by atoms with Gasteiger partial charge in [0.1, 0.15) is 11.5 Å². The van der Waals surface area contributed by atoms with E-state index in [0.717, 1.165) is 12.8 Å². The molecule has 5 N–H and O–H groups in total. The number of hydrogen-bond donors (Lipinski definition) is 5. The molecule has 0 spiro atoms. The second-order valence-electron chi connectivity index (χ2n) is 10.2. The molecule has 0 amide bonds. The molecule has 12 heteroatoms. The lowest BCUT2D eigenvalue weighted by atomic mass is 9.79. The second-order valence-corrected chi connectivity index (χ2v) is 10.2. The van der Waals surface area contributed by atoms with Crippen molar-refractivity contribution >= 4 is 29.8 Å². The molecule has 4 rings (SSSR count). The largest absolute Gasteiger partial charge is 0.497 e. The van der Waals surface area contributed by atoms with Gasteiger partial charge in [-0.05, 0) is 90.9 Å². The normalized spacial score (nSPS) is 13.8. The van der Waals surface area contributed by atoms with Gasteiger partial charge in [0, 0.05) is 13.3 Å². The Morgan fingerprint density at radius 2 is 0.857 bits per heavy atom. The molecule has 0 saturated heterocycles. The van der Waals surface area contributed by atoms with E-state index in [1.54, 1.807) is 43.3 Å². The van der Waals surface area contributed by atoms with Gasteiger partial charge in [-0.25, -0.2) is 14.4 Å². The number of aliphatic carboxylic acids is 2. The highest BCUT2D eigenvalue weighted by molar-refractivity contribution is 5.88. The molecule has 12 nitrogen and oxygen atoms in total. The van der Waals surface area contributed by atoms with Crippen molar-refractivity contribution < 1.29 is 59.0 Å². The van der Waals surface area contributed by atoms with Gasteiger partial charge >= 0.3 is 23.9 Å². The predicted octanol–water partition coefficient (Wildman–Crippen LogP) is 8.06. The van der Waals surface area contributed by atoms with E-state index in [1.807, 2.05) is 26.0 Å². The van der Waals surface area contributed by atoms with Crippen molar-refractivity contribution in [3.8, 4) is 11.5 Å². The number of aromatic carboxylic acids is 3. The lowest BCUT2D eigenvalue weighted by molar-refractivity contribution is -0.137. The van der Waals surface area contributed by atoms with Crippen LogP contribution in [0.5, 0.6) is 11.5 Å². The molecule has 3 aromatic carbocycles. The van der Waals surface area contributed by atoms with Gasteiger partial charge < -0.3 is 35.0 Å². The molecule has 0 unspecified atom stereocenters. The minimum atomic E-state index is -0.923. The first-order chi connectivity index (χ1) is 23.1.